The van der Waals surface area contributed by atoms with E-state index in [0.29, 0.717) is 19.8 Å². The molecule has 27 heavy (non-hydrogen) atoms. The maximum absolute atomic E-state index is 6.14. The van der Waals surface area contributed by atoms with Gasteiger partial charge in [-0.15, -0.1) is 0 Å². The molecule has 3 rings (SSSR count). The highest BCUT2D eigenvalue weighted by Crippen LogP contribution is 2.13. The van der Waals surface area contributed by atoms with E-state index in [4.69, 9.17) is 13.9 Å². The van der Waals surface area contributed by atoms with Crippen molar-refractivity contribution in [1.29, 1.82) is 0 Å². The second-order valence-corrected chi connectivity index (χ2v) is 6.74. The van der Waals surface area contributed by atoms with E-state index < -0.39 is 0 Å². The Hall–Kier alpha value is -2.36. The van der Waals surface area contributed by atoms with Gasteiger partial charge in [-0.2, -0.15) is 0 Å². The topological polar surface area (TPSA) is 31.6 Å². The summed E-state index contributed by atoms with van der Waals surface area (Å²) in [6, 6.07) is 24.8. The first-order valence-electron chi connectivity index (χ1n) is 9.70. The lowest BCUT2D eigenvalue weighted by Gasteiger charge is -2.18. The maximum atomic E-state index is 6.14. The van der Waals surface area contributed by atoms with Crippen LogP contribution in [0.5, 0.6) is 0 Å². The first kappa shape index (κ1) is 19.4. The van der Waals surface area contributed by atoms with E-state index in [0.717, 1.165) is 31.4 Å². The zero-order valence-corrected chi connectivity index (χ0v) is 15.8. The van der Waals surface area contributed by atoms with Crippen LogP contribution in [-0.2, 0) is 29.1 Å². The fourth-order valence-corrected chi connectivity index (χ4v) is 3.03. The Kier molecular flexibility index (Phi) is 8.17. The van der Waals surface area contributed by atoms with E-state index in [1.165, 1.54) is 11.1 Å². The fraction of sp³-hybridized carbons (Fsp3) is 0.333. The third kappa shape index (κ3) is 7.41. The van der Waals surface area contributed by atoms with Crippen LogP contribution in [0.1, 0.15) is 36.1 Å². The molecule has 1 unspecified atom stereocenters. The molecule has 1 heterocycles. The number of hydrogen-bond donors (Lipinski definition) is 0. The molecule has 3 heteroatoms. The molecule has 0 aliphatic carbocycles. The SMILES string of the molecule is c1ccc(CCCCC(COCc2ccco2)OCc2ccccc2)cc1. The Labute approximate surface area is 161 Å². The zero-order valence-electron chi connectivity index (χ0n) is 15.8. The first-order chi connectivity index (χ1) is 13.4. The van der Waals surface area contributed by atoms with Gasteiger partial charge in [0.1, 0.15) is 12.4 Å². The molecule has 0 radical (unpaired) electrons. The minimum absolute atomic E-state index is 0.0935. The molecule has 0 spiro atoms. The van der Waals surface area contributed by atoms with Crippen LogP contribution in [0.3, 0.4) is 0 Å². The first-order valence-corrected chi connectivity index (χ1v) is 9.70. The van der Waals surface area contributed by atoms with E-state index in [-0.39, 0.29) is 6.10 Å². The van der Waals surface area contributed by atoms with Crippen LogP contribution in [0, 0.1) is 0 Å². The number of ether oxygens (including phenoxy) is 2. The van der Waals surface area contributed by atoms with Crippen molar-refractivity contribution in [3.05, 3.63) is 95.9 Å². The quantitative estimate of drug-likeness (QED) is 0.381. The van der Waals surface area contributed by atoms with E-state index in [2.05, 4.69) is 42.5 Å². The van der Waals surface area contributed by atoms with Gasteiger partial charge >= 0.3 is 0 Å². The molecule has 1 aromatic heterocycles. The molecule has 3 aromatic rings. The predicted octanol–water partition coefficient (Wildman–Crippen LogP) is 5.79. The molecule has 0 saturated carbocycles. The van der Waals surface area contributed by atoms with Crippen molar-refractivity contribution in [2.45, 2.75) is 45.0 Å². The van der Waals surface area contributed by atoms with Crippen LogP contribution in [0.25, 0.3) is 0 Å². The number of rotatable bonds is 12. The minimum Gasteiger partial charge on any atom is -0.467 e. The molecule has 0 aliphatic rings. The molecular weight excluding hydrogens is 336 g/mol. The van der Waals surface area contributed by atoms with Gasteiger partial charge < -0.3 is 13.9 Å². The van der Waals surface area contributed by atoms with Crippen molar-refractivity contribution >= 4 is 0 Å². The monoisotopic (exact) mass is 364 g/mol. The van der Waals surface area contributed by atoms with Crippen LogP contribution in [-0.4, -0.2) is 12.7 Å². The lowest BCUT2D eigenvalue weighted by atomic mass is 10.1. The lowest BCUT2D eigenvalue weighted by molar-refractivity contribution is -0.0370. The van der Waals surface area contributed by atoms with Crippen molar-refractivity contribution in [3.8, 4) is 0 Å². The predicted molar refractivity (Wildman–Crippen MR) is 107 cm³/mol. The Morgan fingerprint density at radius 3 is 2.19 bits per heavy atom. The van der Waals surface area contributed by atoms with Crippen LogP contribution in [0.2, 0.25) is 0 Å². The van der Waals surface area contributed by atoms with Crippen molar-refractivity contribution < 1.29 is 13.9 Å². The highest BCUT2D eigenvalue weighted by Gasteiger charge is 2.11. The van der Waals surface area contributed by atoms with E-state index in [1.54, 1.807) is 6.26 Å². The molecule has 0 fully saturated rings. The van der Waals surface area contributed by atoms with Crippen molar-refractivity contribution in [3.63, 3.8) is 0 Å². The summed E-state index contributed by atoms with van der Waals surface area (Å²) in [6.45, 7) is 1.69. The minimum atomic E-state index is 0.0935. The van der Waals surface area contributed by atoms with Crippen molar-refractivity contribution in [1.82, 2.24) is 0 Å². The molecule has 0 N–H and O–H groups in total. The van der Waals surface area contributed by atoms with Gasteiger partial charge in [0.25, 0.3) is 0 Å². The third-order valence-corrected chi connectivity index (χ3v) is 4.54. The maximum Gasteiger partial charge on any atom is 0.129 e. The van der Waals surface area contributed by atoms with Crippen LogP contribution >= 0.6 is 0 Å². The van der Waals surface area contributed by atoms with Gasteiger partial charge in [-0.1, -0.05) is 67.1 Å². The van der Waals surface area contributed by atoms with Crippen molar-refractivity contribution in [2.24, 2.45) is 0 Å². The number of furan rings is 1. The van der Waals surface area contributed by atoms with Gasteiger partial charge in [0.15, 0.2) is 0 Å². The average Bonchev–Trinajstić information content (AvgIpc) is 3.24. The lowest BCUT2D eigenvalue weighted by Crippen LogP contribution is -2.20. The summed E-state index contributed by atoms with van der Waals surface area (Å²) in [5.74, 6) is 0.848. The Morgan fingerprint density at radius 2 is 1.48 bits per heavy atom. The van der Waals surface area contributed by atoms with Crippen LogP contribution in [0.4, 0.5) is 0 Å². The summed E-state index contributed by atoms with van der Waals surface area (Å²) in [5, 5.41) is 0. The van der Waals surface area contributed by atoms with Gasteiger partial charge in [-0.05, 0) is 42.5 Å². The number of unbranched alkanes of at least 4 members (excludes halogenated alkanes) is 1. The average molecular weight is 364 g/mol. The van der Waals surface area contributed by atoms with Gasteiger partial charge in [0.2, 0.25) is 0 Å². The summed E-state index contributed by atoms with van der Waals surface area (Å²) in [7, 11) is 0. The molecule has 0 bridgehead atoms. The molecule has 0 amide bonds. The molecule has 0 aliphatic heterocycles. The molecular formula is C24H28O3. The summed E-state index contributed by atoms with van der Waals surface area (Å²) >= 11 is 0. The Bertz CT molecular complexity index is 723. The summed E-state index contributed by atoms with van der Waals surface area (Å²) in [5.41, 5.74) is 2.59. The Balaban J connectivity index is 1.42. The standard InChI is InChI=1S/C24H28O3/c1-3-10-21(11-4-1)12-7-8-15-24(20-25-19-23-16-9-17-26-23)27-18-22-13-5-2-6-14-22/h1-6,9-11,13-14,16-17,24H,7-8,12,15,18-20H2. The highest BCUT2D eigenvalue weighted by atomic mass is 16.5. The Morgan fingerprint density at radius 1 is 0.741 bits per heavy atom. The highest BCUT2D eigenvalue weighted by molar-refractivity contribution is 5.14. The fourth-order valence-electron chi connectivity index (χ4n) is 3.03. The molecule has 3 nitrogen and oxygen atoms in total. The number of benzene rings is 2. The van der Waals surface area contributed by atoms with Crippen LogP contribution in [0.15, 0.2) is 83.5 Å². The number of aryl methyl sites for hydroxylation is 1. The summed E-state index contributed by atoms with van der Waals surface area (Å²) in [6.07, 6.45) is 6.16. The zero-order chi connectivity index (χ0) is 18.6. The normalized spacial score (nSPS) is 12.1. The van der Waals surface area contributed by atoms with Gasteiger partial charge in [-0.25, -0.2) is 0 Å². The second-order valence-electron chi connectivity index (χ2n) is 6.74. The smallest absolute Gasteiger partial charge is 0.129 e. The van der Waals surface area contributed by atoms with E-state index in [9.17, 15) is 0 Å². The molecule has 2 aromatic carbocycles. The van der Waals surface area contributed by atoms with Crippen LogP contribution < -0.4 is 0 Å². The van der Waals surface area contributed by atoms with E-state index in [1.807, 2.05) is 30.3 Å². The van der Waals surface area contributed by atoms with E-state index >= 15 is 0 Å². The summed E-state index contributed by atoms with van der Waals surface area (Å²) < 4.78 is 17.3. The van der Waals surface area contributed by atoms with Crippen molar-refractivity contribution in [2.75, 3.05) is 6.61 Å². The summed E-state index contributed by atoms with van der Waals surface area (Å²) in [4.78, 5) is 0. The second kappa shape index (κ2) is 11.4. The molecule has 0 saturated heterocycles. The van der Waals surface area contributed by atoms with Gasteiger partial charge in [-0.3, -0.25) is 0 Å². The largest absolute Gasteiger partial charge is 0.467 e. The van der Waals surface area contributed by atoms with Gasteiger partial charge in [0, 0.05) is 0 Å². The third-order valence-electron chi connectivity index (χ3n) is 4.54. The molecule has 1 atom stereocenters. The van der Waals surface area contributed by atoms with Gasteiger partial charge in [0.05, 0.1) is 25.6 Å². The molecule has 142 valence electrons. The number of hydrogen-bond acceptors (Lipinski definition) is 3.